The Hall–Kier alpha value is -1.59. The Morgan fingerprint density at radius 2 is 2.16 bits per heavy atom. The van der Waals surface area contributed by atoms with E-state index in [4.69, 9.17) is 16.7 Å². The molecule has 1 aromatic carbocycles. The Morgan fingerprint density at radius 1 is 1.42 bits per heavy atom. The van der Waals surface area contributed by atoms with Gasteiger partial charge in [-0.3, -0.25) is 9.59 Å². The number of amides is 2. The van der Waals surface area contributed by atoms with E-state index in [1.54, 1.807) is 18.2 Å². The van der Waals surface area contributed by atoms with Crippen LogP contribution in [0.5, 0.6) is 0 Å². The highest BCUT2D eigenvalue weighted by Crippen LogP contribution is 2.10. The Bertz CT molecular complexity index is 451. The van der Waals surface area contributed by atoms with Gasteiger partial charge in [0.05, 0.1) is 13.2 Å². The van der Waals surface area contributed by atoms with Gasteiger partial charge in [-0.2, -0.15) is 0 Å². The minimum Gasteiger partial charge on any atom is -0.395 e. The average Bonchev–Trinajstić information content (AvgIpc) is 2.41. The molecule has 0 fully saturated rings. The molecule has 0 atom stereocenters. The van der Waals surface area contributed by atoms with Crippen molar-refractivity contribution in [2.24, 2.45) is 0 Å². The number of nitrogens with zero attached hydrogens (tertiary/aromatic N) is 1. The topological polar surface area (TPSA) is 69.6 Å². The van der Waals surface area contributed by atoms with Crippen LogP contribution in [0.25, 0.3) is 0 Å². The van der Waals surface area contributed by atoms with E-state index in [1.807, 2.05) is 6.92 Å². The maximum absolute atomic E-state index is 11.8. The monoisotopic (exact) mass is 284 g/mol. The van der Waals surface area contributed by atoms with Crippen molar-refractivity contribution in [2.75, 3.05) is 26.2 Å². The summed E-state index contributed by atoms with van der Waals surface area (Å²) in [7, 11) is 0. The summed E-state index contributed by atoms with van der Waals surface area (Å²) in [6.45, 7) is 2.38. The molecule has 0 unspecified atom stereocenters. The Kier molecular flexibility index (Phi) is 6.32. The van der Waals surface area contributed by atoms with E-state index < -0.39 is 0 Å². The van der Waals surface area contributed by atoms with Crippen molar-refractivity contribution >= 4 is 23.4 Å². The Balaban J connectivity index is 2.52. The molecule has 0 aliphatic rings. The van der Waals surface area contributed by atoms with Gasteiger partial charge >= 0.3 is 0 Å². The van der Waals surface area contributed by atoms with Gasteiger partial charge in [-0.05, 0) is 25.1 Å². The number of hydrogen-bond donors (Lipinski definition) is 2. The van der Waals surface area contributed by atoms with Gasteiger partial charge in [0, 0.05) is 23.7 Å². The maximum Gasteiger partial charge on any atom is 0.251 e. The van der Waals surface area contributed by atoms with Crippen LogP contribution in [-0.2, 0) is 4.79 Å². The summed E-state index contributed by atoms with van der Waals surface area (Å²) in [4.78, 5) is 25.0. The average molecular weight is 285 g/mol. The molecule has 6 heteroatoms. The third-order valence-corrected chi connectivity index (χ3v) is 2.83. The van der Waals surface area contributed by atoms with Crippen LogP contribution in [0.2, 0.25) is 5.02 Å². The van der Waals surface area contributed by atoms with E-state index in [2.05, 4.69) is 5.32 Å². The third kappa shape index (κ3) is 4.89. The van der Waals surface area contributed by atoms with Crippen LogP contribution in [-0.4, -0.2) is 48.1 Å². The number of carbonyl (C=O) groups is 2. The first-order valence-corrected chi connectivity index (χ1v) is 6.38. The van der Waals surface area contributed by atoms with Crippen LogP contribution in [0.1, 0.15) is 17.3 Å². The highest BCUT2D eigenvalue weighted by molar-refractivity contribution is 6.30. The zero-order chi connectivity index (χ0) is 14.3. The lowest BCUT2D eigenvalue weighted by atomic mass is 10.2. The fourth-order valence-electron chi connectivity index (χ4n) is 1.58. The van der Waals surface area contributed by atoms with Crippen LogP contribution in [0, 0.1) is 0 Å². The lowest BCUT2D eigenvalue weighted by Crippen LogP contribution is -2.41. The first kappa shape index (κ1) is 15.5. The molecule has 19 heavy (non-hydrogen) atoms. The third-order valence-electron chi connectivity index (χ3n) is 2.59. The van der Waals surface area contributed by atoms with E-state index in [1.165, 1.54) is 11.0 Å². The molecule has 0 saturated heterocycles. The standard InChI is InChI=1S/C13H17ClN2O3/c1-2-16(6-7-17)12(18)9-15-13(19)10-4-3-5-11(14)8-10/h3-5,8,17H,2,6-7,9H2,1H3,(H,15,19). The second-order valence-electron chi connectivity index (χ2n) is 3.89. The normalized spacial score (nSPS) is 10.1. The number of likely N-dealkylation sites (N-methyl/N-ethyl adjacent to an activating group) is 1. The molecular formula is C13H17ClN2O3. The van der Waals surface area contributed by atoms with Gasteiger partial charge in [-0.1, -0.05) is 17.7 Å². The maximum atomic E-state index is 11.8. The second-order valence-corrected chi connectivity index (χ2v) is 4.33. The molecule has 0 spiro atoms. The molecule has 1 aromatic rings. The van der Waals surface area contributed by atoms with Crippen molar-refractivity contribution in [1.82, 2.24) is 10.2 Å². The van der Waals surface area contributed by atoms with Gasteiger partial charge < -0.3 is 15.3 Å². The zero-order valence-corrected chi connectivity index (χ0v) is 11.5. The smallest absolute Gasteiger partial charge is 0.251 e. The molecule has 2 amide bonds. The molecule has 0 saturated carbocycles. The van der Waals surface area contributed by atoms with Gasteiger partial charge in [-0.25, -0.2) is 0 Å². The minimum absolute atomic E-state index is 0.0954. The molecular weight excluding hydrogens is 268 g/mol. The van der Waals surface area contributed by atoms with E-state index in [0.29, 0.717) is 17.1 Å². The van der Waals surface area contributed by atoms with Gasteiger partial charge in [0.25, 0.3) is 5.91 Å². The first-order chi connectivity index (χ1) is 9.08. The number of halogens is 1. The van der Waals surface area contributed by atoms with Crippen molar-refractivity contribution in [3.8, 4) is 0 Å². The lowest BCUT2D eigenvalue weighted by molar-refractivity contribution is -0.130. The van der Waals surface area contributed by atoms with Crippen molar-refractivity contribution in [3.05, 3.63) is 34.9 Å². The molecule has 5 nitrogen and oxygen atoms in total. The molecule has 0 aromatic heterocycles. The van der Waals surface area contributed by atoms with Gasteiger partial charge in [0.2, 0.25) is 5.91 Å². The zero-order valence-electron chi connectivity index (χ0n) is 10.7. The Morgan fingerprint density at radius 3 is 2.74 bits per heavy atom. The largest absolute Gasteiger partial charge is 0.395 e. The van der Waals surface area contributed by atoms with Crippen LogP contribution >= 0.6 is 11.6 Å². The summed E-state index contributed by atoms with van der Waals surface area (Å²) in [5.74, 6) is -0.581. The van der Waals surface area contributed by atoms with Gasteiger partial charge in [0.1, 0.15) is 0 Å². The first-order valence-electron chi connectivity index (χ1n) is 6.01. The quantitative estimate of drug-likeness (QED) is 0.816. The number of aliphatic hydroxyl groups is 1. The summed E-state index contributed by atoms with van der Waals surface area (Å²) in [6, 6.07) is 6.50. The molecule has 0 heterocycles. The predicted octanol–water partition coefficient (Wildman–Crippen LogP) is 0.911. The molecule has 2 N–H and O–H groups in total. The summed E-state index contributed by atoms with van der Waals surface area (Å²) in [6.07, 6.45) is 0. The van der Waals surface area contributed by atoms with E-state index in [0.717, 1.165) is 0 Å². The van der Waals surface area contributed by atoms with Crippen molar-refractivity contribution in [2.45, 2.75) is 6.92 Å². The van der Waals surface area contributed by atoms with Gasteiger partial charge in [0.15, 0.2) is 0 Å². The molecule has 0 bridgehead atoms. The van der Waals surface area contributed by atoms with Crippen LogP contribution in [0.4, 0.5) is 0 Å². The fraction of sp³-hybridized carbons (Fsp3) is 0.385. The second kappa shape index (κ2) is 7.76. The molecule has 0 aliphatic heterocycles. The number of rotatable bonds is 6. The number of hydrogen-bond acceptors (Lipinski definition) is 3. The van der Waals surface area contributed by atoms with Crippen molar-refractivity contribution in [3.63, 3.8) is 0 Å². The van der Waals surface area contributed by atoms with Crippen molar-refractivity contribution < 1.29 is 14.7 Å². The summed E-state index contributed by atoms with van der Waals surface area (Å²) < 4.78 is 0. The minimum atomic E-state index is -0.351. The Labute approximate surface area is 117 Å². The van der Waals surface area contributed by atoms with Crippen molar-refractivity contribution in [1.29, 1.82) is 0 Å². The molecule has 0 aliphatic carbocycles. The van der Waals surface area contributed by atoms with Crippen LogP contribution < -0.4 is 5.32 Å². The summed E-state index contributed by atoms with van der Waals surface area (Å²) in [5, 5.41) is 11.8. The molecule has 0 radical (unpaired) electrons. The SMILES string of the molecule is CCN(CCO)C(=O)CNC(=O)c1cccc(Cl)c1. The summed E-state index contributed by atoms with van der Waals surface area (Å²) in [5.41, 5.74) is 0.408. The number of carbonyl (C=O) groups excluding carboxylic acids is 2. The number of benzene rings is 1. The lowest BCUT2D eigenvalue weighted by Gasteiger charge is -2.19. The molecule has 104 valence electrons. The number of aliphatic hydroxyl groups excluding tert-OH is 1. The van der Waals surface area contributed by atoms with E-state index in [9.17, 15) is 9.59 Å². The highest BCUT2D eigenvalue weighted by atomic mass is 35.5. The van der Waals surface area contributed by atoms with Gasteiger partial charge in [-0.15, -0.1) is 0 Å². The van der Waals surface area contributed by atoms with E-state index in [-0.39, 0.29) is 31.5 Å². The highest BCUT2D eigenvalue weighted by Gasteiger charge is 2.13. The predicted molar refractivity (Wildman–Crippen MR) is 73.1 cm³/mol. The number of nitrogens with one attached hydrogen (secondary N) is 1. The van der Waals surface area contributed by atoms with E-state index >= 15 is 0 Å². The van der Waals surface area contributed by atoms with Crippen LogP contribution in [0.3, 0.4) is 0 Å². The molecule has 1 rings (SSSR count). The fourth-order valence-corrected chi connectivity index (χ4v) is 1.77. The van der Waals surface area contributed by atoms with Crippen LogP contribution in [0.15, 0.2) is 24.3 Å². The summed E-state index contributed by atoms with van der Waals surface area (Å²) >= 11 is 5.78.